The number of ether oxygens (including phenoxy) is 4. The van der Waals surface area contributed by atoms with Crippen molar-refractivity contribution in [2.24, 2.45) is 0 Å². The number of rotatable bonds is 14. The van der Waals surface area contributed by atoms with E-state index in [9.17, 15) is 8.78 Å². The lowest BCUT2D eigenvalue weighted by atomic mass is 10.2. The van der Waals surface area contributed by atoms with Gasteiger partial charge in [-0.25, -0.2) is 23.1 Å². The van der Waals surface area contributed by atoms with Crippen LogP contribution in [0.15, 0.2) is 73.1 Å². The van der Waals surface area contributed by atoms with Gasteiger partial charge in [0.15, 0.2) is 0 Å². The summed E-state index contributed by atoms with van der Waals surface area (Å²) in [7, 11) is 1.61. The molecule has 0 saturated heterocycles. The van der Waals surface area contributed by atoms with Crippen LogP contribution in [0.2, 0.25) is 0 Å². The van der Waals surface area contributed by atoms with Gasteiger partial charge < -0.3 is 18.9 Å². The fraction of sp³-hybridized carbons (Fsp3) is 0.250. The molecule has 5 aromatic rings. The predicted octanol–water partition coefficient (Wildman–Crippen LogP) is 3.91. The predicted molar refractivity (Wildman–Crippen MR) is 144 cm³/mol. The quantitative estimate of drug-likeness (QED) is 0.186. The van der Waals surface area contributed by atoms with Crippen molar-refractivity contribution in [1.82, 2.24) is 35.0 Å². The van der Waals surface area contributed by atoms with Gasteiger partial charge in [-0.3, -0.25) is 0 Å². The van der Waals surface area contributed by atoms with Gasteiger partial charge in [0.05, 0.1) is 56.8 Å². The van der Waals surface area contributed by atoms with Gasteiger partial charge in [0, 0.05) is 19.2 Å². The third-order valence-corrected chi connectivity index (χ3v) is 5.81. The Morgan fingerprint density at radius 2 is 1.12 bits per heavy atom. The first-order valence-electron chi connectivity index (χ1n) is 12.8. The number of hydrogen-bond acceptors (Lipinski definition) is 9. The Bertz CT molecular complexity index is 1470. The van der Waals surface area contributed by atoms with Crippen molar-refractivity contribution in [3.05, 3.63) is 84.7 Å². The van der Waals surface area contributed by atoms with Crippen LogP contribution in [0.5, 0.6) is 5.75 Å². The lowest BCUT2D eigenvalue weighted by molar-refractivity contribution is 0.0180. The first-order chi connectivity index (χ1) is 20.1. The normalized spacial score (nSPS) is 11.2. The molecule has 11 nitrogen and oxygen atoms in total. The van der Waals surface area contributed by atoms with Gasteiger partial charge in [0.1, 0.15) is 46.8 Å². The van der Waals surface area contributed by atoms with Crippen LogP contribution in [-0.4, -0.2) is 81.7 Å². The van der Waals surface area contributed by atoms with Gasteiger partial charge in [0.25, 0.3) is 0 Å². The number of para-hydroxylation sites is 2. The topological polar surface area (TPSA) is 111 Å². The minimum Gasteiger partial charge on any atom is -0.491 e. The molecule has 13 heteroatoms. The highest BCUT2D eigenvalue weighted by Crippen LogP contribution is 2.27. The molecule has 0 aliphatic heterocycles. The Kier molecular flexibility index (Phi) is 9.31. The van der Waals surface area contributed by atoms with E-state index in [1.54, 1.807) is 68.0 Å². The fourth-order valence-corrected chi connectivity index (χ4v) is 3.81. The van der Waals surface area contributed by atoms with Crippen molar-refractivity contribution >= 4 is 0 Å². The summed E-state index contributed by atoms with van der Waals surface area (Å²) in [6.07, 6.45) is 3.13. The van der Waals surface area contributed by atoms with E-state index >= 15 is 0 Å². The van der Waals surface area contributed by atoms with Gasteiger partial charge >= 0.3 is 0 Å². The second-order valence-corrected chi connectivity index (χ2v) is 8.64. The van der Waals surface area contributed by atoms with Gasteiger partial charge in [-0.1, -0.05) is 34.7 Å². The van der Waals surface area contributed by atoms with Crippen molar-refractivity contribution in [1.29, 1.82) is 0 Å². The molecular weight excluding hydrogens is 536 g/mol. The molecule has 5 rings (SSSR count). The monoisotopic (exact) mass is 563 g/mol. The summed E-state index contributed by atoms with van der Waals surface area (Å²) >= 11 is 0. The van der Waals surface area contributed by atoms with Crippen molar-refractivity contribution in [3.8, 4) is 39.9 Å². The van der Waals surface area contributed by atoms with Crippen LogP contribution in [0, 0.1) is 11.6 Å². The van der Waals surface area contributed by atoms with Gasteiger partial charge in [0.2, 0.25) is 0 Å². The third-order valence-electron chi connectivity index (χ3n) is 5.81. The van der Waals surface area contributed by atoms with E-state index in [1.807, 2.05) is 0 Å². The first kappa shape index (κ1) is 28.0. The van der Waals surface area contributed by atoms with Gasteiger partial charge in [-0.2, -0.15) is 0 Å². The standard InChI is InChI=1S/C28H27F2N7O4/c1-38-10-11-39-12-13-40-14-15-41-20-16-23(25-18-36(34-32-25)27-8-4-2-6-21(27)29)31-24(17-20)26-19-37(35-33-26)28-9-5-3-7-22(28)30/h2-9,16-19H,10-15H2,1H3. The zero-order chi connectivity index (χ0) is 28.4. The number of pyridine rings is 1. The van der Waals surface area contributed by atoms with E-state index in [-0.39, 0.29) is 18.0 Å². The lowest BCUT2D eigenvalue weighted by Gasteiger charge is -2.10. The number of halogens is 2. The minimum atomic E-state index is -0.441. The molecule has 0 aliphatic rings. The maximum atomic E-state index is 14.3. The summed E-state index contributed by atoms with van der Waals surface area (Å²) in [6, 6.07) is 15.8. The molecular formula is C28H27F2N7O4. The van der Waals surface area contributed by atoms with Gasteiger partial charge in [-0.15, -0.1) is 10.2 Å². The molecule has 212 valence electrons. The minimum absolute atomic E-state index is 0.245. The maximum Gasteiger partial charge on any atom is 0.148 e. The highest BCUT2D eigenvalue weighted by molar-refractivity contribution is 5.64. The highest BCUT2D eigenvalue weighted by atomic mass is 19.1. The van der Waals surface area contributed by atoms with E-state index < -0.39 is 11.6 Å². The Balaban J connectivity index is 1.36. The van der Waals surface area contributed by atoms with Crippen molar-refractivity contribution in [2.45, 2.75) is 0 Å². The Hall–Kier alpha value is -4.59. The lowest BCUT2D eigenvalue weighted by Crippen LogP contribution is -2.12. The van der Waals surface area contributed by atoms with Crippen LogP contribution in [0.25, 0.3) is 34.2 Å². The van der Waals surface area contributed by atoms with Crippen LogP contribution >= 0.6 is 0 Å². The summed E-state index contributed by atoms with van der Waals surface area (Å²) in [6.45, 7) is 2.47. The number of hydrogen-bond donors (Lipinski definition) is 0. The molecule has 0 fully saturated rings. The summed E-state index contributed by atoms with van der Waals surface area (Å²) in [4.78, 5) is 4.67. The van der Waals surface area contributed by atoms with Crippen molar-refractivity contribution in [2.75, 3.05) is 46.8 Å². The largest absolute Gasteiger partial charge is 0.491 e. The molecule has 0 radical (unpaired) electrons. The third kappa shape index (κ3) is 7.14. The molecule has 41 heavy (non-hydrogen) atoms. The maximum absolute atomic E-state index is 14.3. The van der Waals surface area contributed by atoms with E-state index in [0.29, 0.717) is 61.6 Å². The van der Waals surface area contributed by atoms with E-state index in [1.165, 1.54) is 21.5 Å². The number of aromatic nitrogens is 7. The van der Waals surface area contributed by atoms with Crippen LogP contribution in [-0.2, 0) is 14.2 Å². The first-order valence-corrected chi connectivity index (χ1v) is 12.8. The van der Waals surface area contributed by atoms with Crippen LogP contribution < -0.4 is 4.74 Å². The van der Waals surface area contributed by atoms with Crippen LogP contribution in [0.3, 0.4) is 0 Å². The second kappa shape index (κ2) is 13.7. The summed E-state index contributed by atoms with van der Waals surface area (Å²) < 4.78 is 53.1. The molecule has 0 amide bonds. The molecule has 3 heterocycles. The Morgan fingerprint density at radius 3 is 1.63 bits per heavy atom. The van der Waals surface area contributed by atoms with Crippen LogP contribution in [0.4, 0.5) is 8.78 Å². The molecule has 0 unspecified atom stereocenters. The molecule has 0 spiro atoms. The highest BCUT2D eigenvalue weighted by Gasteiger charge is 2.16. The zero-order valence-electron chi connectivity index (χ0n) is 22.2. The number of benzene rings is 2. The molecule has 0 bridgehead atoms. The van der Waals surface area contributed by atoms with E-state index in [4.69, 9.17) is 18.9 Å². The zero-order valence-corrected chi connectivity index (χ0v) is 22.2. The van der Waals surface area contributed by atoms with Crippen molar-refractivity contribution < 1.29 is 27.7 Å². The summed E-state index contributed by atoms with van der Waals surface area (Å²) in [5.41, 5.74) is 2.07. The Morgan fingerprint density at radius 1 is 0.634 bits per heavy atom. The molecule has 3 aromatic heterocycles. The SMILES string of the molecule is COCCOCCOCCOc1cc(-c2cn(-c3ccccc3F)nn2)nc(-c2cn(-c3ccccc3F)nn2)c1. The number of nitrogens with zero attached hydrogens (tertiary/aromatic N) is 7. The molecule has 0 atom stereocenters. The van der Waals surface area contributed by atoms with Gasteiger partial charge in [-0.05, 0) is 24.3 Å². The van der Waals surface area contributed by atoms with Crippen molar-refractivity contribution in [3.63, 3.8) is 0 Å². The molecule has 0 aliphatic carbocycles. The molecule has 2 aromatic carbocycles. The summed E-state index contributed by atoms with van der Waals surface area (Å²) in [5.74, 6) is -0.419. The van der Waals surface area contributed by atoms with E-state index in [2.05, 4.69) is 25.6 Å². The van der Waals surface area contributed by atoms with E-state index in [0.717, 1.165) is 0 Å². The molecule has 0 N–H and O–H groups in total. The second-order valence-electron chi connectivity index (χ2n) is 8.64. The average Bonchev–Trinajstić information content (AvgIpc) is 3.68. The summed E-state index contributed by atoms with van der Waals surface area (Å²) in [5, 5.41) is 16.5. The smallest absolute Gasteiger partial charge is 0.148 e. The Labute approximate surface area is 234 Å². The number of methoxy groups -OCH3 is 1. The average molecular weight is 564 g/mol. The fourth-order valence-electron chi connectivity index (χ4n) is 3.81. The molecule has 0 saturated carbocycles. The van der Waals surface area contributed by atoms with Crippen LogP contribution in [0.1, 0.15) is 0 Å².